The largest absolute Gasteiger partial charge is 0.573 e. The number of alkyl halides is 3. The van der Waals surface area contributed by atoms with Gasteiger partial charge in [-0.2, -0.15) is 4.98 Å². The molecule has 0 fully saturated rings. The minimum atomic E-state index is -4.83. The second kappa shape index (κ2) is 10.8. The van der Waals surface area contributed by atoms with Crippen LogP contribution in [0.3, 0.4) is 0 Å². The molecule has 0 spiro atoms. The third-order valence-corrected chi connectivity index (χ3v) is 4.24. The normalized spacial score (nSPS) is 12.3. The minimum absolute atomic E-state index is 0.132. The molecule has 1 aromatic heterocycles. The lowest BCUT2D eigenvalue weighted by Crippen LogP contribution is -2.17. The number of aliphatic hydroxyl groups excluding tert-OH is 1. The number of nitrogens with zero attached hydrogens (tertiary/aromatic N) is 3. The summed E-state index contributed by atoms with van der Waals surface area (Å²) in [5, 5.41) is 11.9. The van der Waals surface area contributed by atoms with Gasteiger partial charge in [-0.25, -0.2) is 4.98 Å². The van der Waals surface area contributed by atoms with E-state index in [2.05, 4.69) is 35.2 Å². The summed E-state index contributed by atoms with van der Waals surface area (Å²) >= 11 is 0. The van der Waals surface area contributed by atoms with Gasteiger partial charge in [-0.1, -0.05) is 23.0 Å². The van der Waals surface area contributed by atoms with Gasteiger partial charge in [-0.05, 0) is 36.4 Å². The van der Waals surface area contributed by atoms with Gasteiger partial charge in [0.2, 0.25) is 5.95 Å². The molecule has 3 aromatic rings. The lowest BCUT2D eigenvalue weighted by atomic mass is 10.1. The maximum absolute atomic E-state index is 12.6. The molecule has 0 bridgehead atoms. The van der Waals surface area contributed by atoms with Crippen LogP contribution in [0.5, 0.6) is 5.75 Å². The molecule has 0 radical (unpaired) electrons. The molecule has 0 aliphatic heterocycles. The Kier molecular flexibility index (Phi) is 7.87. The summed E-state index contributed by atoms with van der Waals surface area (Å²) in [4.78, 5) is 8.51. The van der Waals surface area contributed by atoms with E-state index in [4.69, 9.17) is 9.66 Å². The highest BCUT2D eigenvalue weighted by Crippen LogP contribution is 2.28. The molecule has 0 unspecified atom stereocenters. The SMILES string of the molecule is O=[S-](O)=Nc1ccc(NNc2cc(-c3cccc(OC(F)(F)F)c3)nc(NCCO)n2)cc1. The lowest BCUT2D eigenvalue weighted by Gasteiger charge is -2.14. The number of benzene rings is 2. The van der Waals surface area contributed by atoms with E-state index in [9.17, 15) is 17.4 Å². The van der Waals surface area contributed by atoms with E-state index < -0.39 is 23.0 Å². The Morgan fingerprint density at radius 2 is 1.82 bits per heavy atom. The Labute approximate surface area is 187 Å². The van der Waals surface area contributed by atoms with Gasteiger partial charge in [0.15, 0.2) is 5.82 Å². The van der Waals surface area contributed by atoms with E-state index in [0.29, 0.717) is 22.6 Å². The van der Waals surface area contributed by atoms with Crippen LogP contribution in [-0.2, 0) is 15.1 Å². The maximum Gasteiger partial charge on any atom is 0.573 e. The van der Waals surface area contributed by atoms with Crippen LogP contribution >= 0.6 is 0 Å². The van der Waals surface area contributed by atoms with Crippen molar-refractivity contribution < 1.29 is 31.8 Å². The maximum atomic E-state index is 12.6. The average Bonchev–Trinajstić information content (AvgIpc) is 2.76. The number of hydrogen-bond acceptors (Lipinski definition) is 10. The molecule has 0 amide bonds. The van der Waals surface area contributed by atoms with Crippen LogP contribution in [-0.4, -0.2) is 39.1 Å². The van der Waals surface area contributed by atoms with Crippen molar-refractivity contribution in [3.8, 4) is 17.0 Å². The van der Waals surface area contributed by atoms with Crippen molar-refractivity contribution in [3.63, 3.8) is 0 Å². The number of halogens is 3. The van der Waals surface area contributed by atoms with Crippen molar-refractivity contribution in [2.75, 3.05) is 29.3 Å². The van der Waals surface area contributed by atoms with Gasteiger partial charge in [0.25, 0.3) is 0 Å². The summed E-state index contributed by atoms with van der Waals surface area (Å²) in [7, 11) is -2.31. The molecule has 1 heterocycles. The molecule has 0 atom stereocenters. The number of aliphatic hydroxyl groups is 1. The Bertz CT molecular complexity index is 1170. The summed E-state index contributed by atoms with van der Waals surface area (Å²) in [6, 6.07) is 13.1. The lowest BCUT2D eigenvalue weighted by molar-refractivity contribution is -0.274. The summed E-state index contributed by atoms with van der Waals surface area (Å²) in [5.74, 6) is 0.00537. The average molecular weight is 483 g/mol. The molecule has 0 aliphatic carbocycles. The predicted molar refractivity (Wildman–Crippen MR) is 116 cm³/mol. The second-order valence-electron chi connectivity index (χ2n) is 6.31. The monoisotopic (exact) mass is 483 g/mol. The van der Waals surface area contributed by atoms with Crippen molar-refractivity contribution in [2.45, 2.75) is 6.36 Å². The fourth-order valence-electron chi connectivity index (χ4n) is 2.59. The molecule has 0 saturated carbocycles. The molecule has 176 valence electrons. The molecular weight excluding hydrogens is 465 g/mol. The third kappa shape index (κ3) is 7.78. The fourth-order valence-corrected chi connectivity index (χ4v) is 2.89. The predicted octanol–water partition coefficient (Wildman–Crippen LogP) is 4.14. The number of hydrazine groups is 1. The van der Waals surface area contributed by atoms with Crippen molar-refractivity contribution in [1.82, 2.24) is 9.97 Å². The van der Waals surface area contributed by atoms with Gasteiger partial charge in [-0.3, -0.25) is 10.9 Å². The van der Waals surface area contributed by atoms with Gasteiger partial charge in [0.05, 0.1) is 18.0 Å². The van der Waals surface area contributed by atoms with Crippen LogP contribution in [0.15, 0.2) is 59.0 Å². The van der Waals surface area contributed by atoms with Gasteiger partial charge < -0.3 is 28.3 Å². The quantitative estimate of drug-likeness (QED) is 0.172. The number of ether oxygens (including phenoxy) is 1. The van der Waals surface area contributed by atoms with Gasteiger partial charge in [-0.15, -0.1) is 13.2 Å². The van der Waals surface area contributed by atoms with Crippen molar-refractivity contribution in [3.05, 3.63) is 54.6 Å². The highest BCUT2D eigenvalue weighted by atomic mass is 32.2. The number of nitrogens with one attached hydrogen (secondary N) is 3. The van der Waals surface area contributed by atoms with E-state index in [0.717, 1.165) is 0 Å². The van der Waals surface area contributed by atoms with Crippen LogP contribution in [0, 0.1) is 0 Å². The first kappa shape index (κ1) is 24.0. The third-order valence-electron chi connectivity index (χ3n) is 3.87. The van der Waals surface area contributed by atoms with Crippen molar-refractivity contribution >= 4 is 34.0 Å². The molecule has 0 saturated heterocycles. The summed E-state index contributed by atoms with van der Waals surface area (Å²) < 4.78 is 64.6. The Hall–Kier alpha value is -3.62. The van der Waals surface area contributed by atoms with E-state index in [1.807, 2.05) is 0 Å². The van der Waals surface area contributed by atoms with E-state index in [-0.39, 0.29) is 24.9 Å². The summed E-state index contributed by atoms with van der Waals surface area (Å²) in [6.45, 7) is -0.0235. The standard InChI is InChI=1S/C19H18F3N6O4S/c20-19(21,22)32-15-3-1-2-12(10-15)16-11-17(25-18(24-16)23-8-9-29)27-26-13-4-6-14(7-5-13)28-33(30)31/h1-7,10-11,26,29H,8-9H2,(H,28,30,31)(H2,23,24,25,27)/q-1. The molecule has 0 aliphatic rings. The molecule has 3 rings (SSSR count). The zero-order valence-electron chi connectivity index (χ0n) is 16.7. The molecule has 14 heteroatoms. The zero-order valence-corrected chi connectivity index (χ0v) is 17.5. The van der Waals surface area contributed by atoms with Crippen LogP contribution in [0.1, 0.15) is 0 Å². The first-order valence-electron chi connectivity index (χ1n) is 9.26. The fraction of sp³-hybridized carbons (Fsp3) is 0.158. The van der Waals surface area contributed by atoms with Crippen LogP contribution in [0.25, 0.3) is 11.3 Å². The van der Waals surface area contributed by atoms with Gasteiger partial charge in [0, 0.05) is 23.9 Å². The zero-order chi connectivity index (χ0) is 23.8. The van der Waals surface area contributed by atoms with E-state index in [1.54, 1.807) is 18.2 Å². The minimum Gasteiger partial charge on any atom is -0.454 e. The Morgan fingerprint density at radius 1 is 1.06 bits per heavy atom. The molecule has 2 aromatic carbocycles. The van der Waals surface area contributed by atoms with Gasteiger partial charge in [0.1, 0.15) is 5.75 Å². The summed E-state index contributed by atoms with van der Waals surface area (Å²) in [5.41, 5.74) is 7.24. The Morgan fingerprint density at radius 3 is 2.48 bits per heavy atom. The van der Waals surface area contributed by atoms with E-state index >= 15 is 0 Å². The second-order valence-corrected chi connectivity index (χ2v) is 6.95. The first-order valence-corrected chi connectivity index (χ1v) is 10.3. The number of rotatable bonds is 9. The topological polar surface area (TPSA) is 141 Å². The van der Waals surface area contributed by atoms with Crippen LogP contribution < -0.4 is 20.9 Å². The molecule has 10 nitrogen and oxygen atoms in total. The first-order chi connectivity index (χ1) is 15.7. The van der Waals surface area contributed by atoms with Crippen LogP contribution in [0.2, 0.25) is 0 Å². The van der Waals surface area contributed by atoms with Gasteiger partial charge >= 0.3 is 6.36 Å². The molecular formula is C19H18F3N6O4S-. The van der Waals surface area contributed by atoms with E-state index in [1.165, 1.54) is 36.4 Å². The highest BCUT2D eigenvalue weighted by molar-refractivity contribution is 7.68. The smallest absolute Gasteiger partial charge is 0.454 e. The number of anilines is 3. The molecule has 5 N–H and O–H groups in total. The summed E-state index contributed by atoms with van der Waals surface area (Å²) in [6.07, 6.45) is -4.83. The van der Waals surface area contributed by atoms with Crippen LogP contribution in [0.4, 0.5) is 36.3 Å². The van der Waals surface area contributed by atoms with Crippen molar-refractivity contribution in [1.29, 1.82) is 0 Å². The number of hydrogen-bond donors (Lipinski definition) is 5. The molecule has 33 heavy (non-hydrogen) atoms. The number of aromatic nitrogens is 2. The highest BCUT2D eigenvalue weighted by Gasteiger charge is 2.31. The van der Waals surface area contributed by atoms with Crippen molar-refractivity contribution in [2.24, 2.45) is 4.36 Å². The Balaban J connectivity index is 1.83.